The van der Waals surface area contributed by atoms with Gasteiger partial charge in [-0.1, -0.05) is 78.7 Å². The molecule has 0 spiro atoms. The molecule has 3 aromatic carbocycles. The summed E-state index contributed by atoms with van der Waals surface area (Å²) in [5.41, 5.74) is 11.1. The van der Waals surface area contributed by atoms with Gasteiger partial charge in [0.15, 0.2) is 0 Å². The number of nitrogens with zero attached hydrogens (tertiary/aromatic N) is 4. The number of benzene rings is 3. The van der Waals surface area contributed by atoms with Crippen molar-refractivity contribution < 1.29 is 9.85 Å². The second kappa shape index (κ2) is 23.6. The number of pyridine rings is 2. The predicted octanol–water partition coefficient (Wildman–Crippen LogP) is 10.1. The van der Waals surface area contributed by atoms with E-state index in [0.717, 1.165) is 34.1 Å². The van der Waals surface area contributed by atoms with Gasteiger partial charge in [0.25, 0.3) is 5.69 Å². The van der Waals surface area contributed by atoms with Crippen molar-refractivity contribution in [3.05, 3.63) is 196 Å². The first-order chi connectivity index (χ1) is 25.0. The molecule has 53 heavy (non-hydrogen) atoms. The van der Waals surface area contributed by atoms with Crippen molar-refractivity contribution >= 4 is 63.1 Å². The molecule has 0 fully saturated rings. The molecule has 0 aliphatic rings. The van der Waals surface area contributed by atoms with Crippen LogP contribution in [0.15, 0.2) is 138 Å². The molecule has 6 aromatic rings. The van der Waals surface area contributed by atoms with Crippen molar-refractivity contribution in [3.63, 3.8) is 0 Å². The van der Waals surface area contributed by atoms with Crippen molar-refractivity contribution in [3.8, 4) is 24.2 Å². The smallest absolute Gasteiger partial charge is 0.258 e. The Balaban J connectivity index is 0.000000252. The fraction of sp³-hybridized carbons (Fsp3) is 0.0750. The number of nitro groups is 2. The molecule has 0 atom stereocenters. The Kier molecular flexibility index (Phi) is 19.3. The second-order valence-corrected chi connectivity index (χ2v) is 12.2. The van der Waals surface area contributed by atoms with E-state index in [0.29, 0.717) is 15.6 Å². The number of aromatic nitrogens is 2. The van der Waals surface area contributed by atoms with Crippen molar-refractivity contribution in [1.29, 1.82) is 0 Å². The van der Waals surface area contributed by atoms with Crippen molar-refractivity contribution in [1.82, 2.24) is 9.97 Å². The van der Waals surface area contributed by atoms with Gasteiger partial charge in [-0.25, -0.2) is 0 Å². The molecule has 0 saturated heterocycles. The Hall–Kier alpha value is -5.85. The first kappa shape index (κ1) is 43.3. The van der Waals surface area contributed by atoms with Gasteiger partial charge in [0.05, 0.1) is 16.2 Å². The minimum Gasteiger partial charge on any atom is -0.258 e. The summed E-state index contributed by atoms with van der Waals surface area (Å²) in [4.78, 5) is 27.6. The maximum Gasteiger partial charge on any atom is 0.288 e. The summed E-state index contributed by atoms with van der Waals surface area (Å²) in [6, 6.07) is 29.4. The Morgan fingerprint density at radius 1 is 0.698 bits per heavy atom. The third-order valence-electron chi connectivity index (χ3n) is 6.52. The van der Waals surface area contributed by atoms with Crippen molar-refractivity contribution in [2.45, 2.75) is 20.3 Å². The normalized spacial score (nSPS) is 9.17. The van der Waals surface area contributed by atoms with E-state index < -0.39 is 9.85 Å². The van der Waals surface area contributed by atoms with Gasteiger partial charge in [0.2, 0.25) is 0 Å². The van der Waals surface area contributed by atoms with Gasteiger partial charge >= 0.3 is 66.0 Å². The van der Waals surface area contributed by atoms with E-state index in [1.165, 1.54) is 41.6 Å². The van der Waals surface area contributed by atoms with E-state index in [-0.39, 0.29) is 18.8 Å². The van der Waals surface area contributed by atoms with Crippen molar-refractivity contribution in [2.75, 3.05) is 5.73 Å². The summed E-state index contributed by atoms with van der Waals surface area (Å²) in [5.74, 6) is 11.4. The topological polar surface area (TPSA) is 138 Å². The number of nitrogens with two attached hydrogens (primary N) is 1. The number of hydrogen-bond donors (Lipinski definition) is 1. The van der Waals surface area contributed by atoms with E-state index in [2.05, 4.69) is 67.9 Å². The van der Waals surface area contributed by atoms with Gasteiger partial charge in [-0.15, -0.1) is 6.42 Å². The molecule has 13 heteroatoms. The van der Waals surface area contributed by atoms with E-state index in [1.807, 2.05) is 30.5 Å². The van der Waals surface area contributed by atoms with Crippen LogP contribution in [-0.4, -0.2) is 26.7 Å². The van der Waals surface area contributed by atoms with Crippen molar-refractivity contribution in [2.24, 2.45) is 0 Å². The number of terminal acetylenes is 1. The van der Waals surface area contributed by atoms with Gasteiger partial charge in [-0.05, 0) is 78.6 Å². The minimum absolute atomic E-state index is 0. The van der Waals surface area contributed by atoms with Gasteiger partial charge in [0.1, 0.15) is 6.20 Å². The number of rotatable bonds is 5. The first-order valence-corrected chi connectivity index (χ1v) is 16.8. The third-order valence-corrected chi connectivity index (χ3v) is 7.52. The fourth-order valence-electron chi connectivity index (χ4n) is 3.99. The summed E-state index contributed by atoms with van der Waals surface area (Å²) in [6.45, 7) is 1.63. The predicted molar refractivity (Wildman–Crippen MR) is 219 cm³/mol. The zero-order chi connectivity index (χ0) is 37.7. The average Bonchev–Trinajstić information content (AvgIpc) is 3.15. The van der Waals surface area contributed by atoms with E-state index >= 15 is 0 Å². The van der Waals surface area contributed by atoms with Crippen LogP contribution in [-0.2, 0) is 12.8 Å². The van der Waals surface area contributed by atoms with Gasteiger partial charge in [-0.2, -0.15) is 0 Å². The molecule has 6 rings (SSSR count). The molecule has 3 heterocycles. The molecular formula is C40H33BBrCl2N5O4. The third kappa shape index (κ3) is 17.3. The first-order valence-electron chi connectivity index (χ1n) is 15.2. The van der Waals surface area contributed by atoms with E-state index in [9.17, 15) is 20.2 Å². The second-order valence-electron chi connectivity index (χ2n) is 10.4. The molecule has 0 unspecified atom stereocenters. The Morgan fingerprint density at radius 3 is 1.81 bits per heavy atom. The molecule has 2 N–H and O–H groups in total. The number of hydrogen-bond acceptors (Lipinski definition) is 7. The van der Waals surface area contributed by atoms with Crippen LogP contribution in [0.5, 0.6) is 0 Å². The zero-order valence-electron chi connectivity index (χ0n) is 27.4. The molecule has 0 amide bonds. The largest absolute Gasteiger partial charge is 0.288 e. The molecular weight excluding hydrogens is 776 g/mol. The number of aryl methyl sites for hydroxylation is 2. The van der Waals surface area contributed by atoms with Crippen LogP contribution < -0.4 is 5.73 Å². The monoisotopic (exact) mass is 807 g/mol. The summed E-state index contributed by atoms with van der Waals surface area (Å²) in [7, 11) is 0. The molecule has 266 valence electrons. The van der Waals surface area contributed by atoms with Crippen LogP contribution in [0, 0.1) is 44.4 Å². The minimum atomic E-state index is -0.500. The Bertz CT molecular complexity index is 2180. The Labute approximate surface area is 327 Å². The maximum absolute atomic E-state index is 10.6. The summed E-state index contributed by atoms with van der Waals surface area (Å²) in [5, 5.41) is 22.1. The molecule has 0 aliphatic carbocycles. The summed E-state index contributed by atoms with van der Waals surface area (Å²) < 4.78 is 0.724. The van der Waals surface area contributed by atoms with Crippen LogP contribution >= 0.6 is 39.1 Å². The van der Waals surface area contributed by atoms with Crippen LogP contribution in [0.4, 0.5) is 17.1 Å². The van der Waals surface area contributed by atoms with E-state index in [4.69, 9.17) is 35.4 Å². The maximum atomic E-state index is 10.6. The van der Waals surface area contributed by atoms with Crippen LogP contribution in [0.25, 0.3) is 0 Å². The quantitative estimate of drug-likeness (QED) is 0.104. The van der Waals surface area contributed by atoms with Gasteiger partial charge in [-0.3, -0.25) is 20.1 Å². The number of nitrogen functional groups attached to an aromatic ring is 1. The van der Waals surface area contributed by atoms with Crippen LogP contribution in [0.3, 0.4) is 0 Å². The molecule has 0 bridgehead atoms. The SMILES string of the molecule is C.C#Cc1ccc(Cl)cc1.Nc1cncc(CCc2ccccc2)c1.O=[N+]([O-])c1cbcc(Br)c1.O=[N+]([O-])c1cncc(C#Cc2ccc(Cl)cc2)c1. The molecule has 3 aromatic heterocycles. The van der Waals surface area contributed by atoms with Gasteiger partial charge < -0.3 is 5.73 Å². The van der Waals surface area contributed by atoms with Crippen LogP contribution in [0.1, 0.15) is 35.2 Å². The zero-order valence-corrected chi connectivity index (χ0v) is 30.5. The average molecular weight is 809 g/mol. The summed E-state index contributed by atoms with van der Waals surface area (Å²) in [6.07, 6.45) is 13.3. The fourth-order valence-corrected chi connectivity index (χ4v) is 4.63. The van der Waals surface area contributed by atoms with Crippen LogP contribution in [0.2, 0.25) is 10.0 Å². The molecule has 0 saturated carbocycles. The number of halogens is 3. The Morgan fingerprint density at radius 2 is 1.26 bits per heavy atom. The number of anilines is 1. The van der Waals surface area contributed by atoms with E-state index in [1.54, 1.807) is 55.5 Å². The molecule has 9 nitrogen and oxygen atoms in total. The molecule has 0 radical (unpaired) electrons. The van der Waals surface area contributed by atoms with Gasteiger partial charge in [0, 0.05) is 45.8 Å². The summed E-state index contributed by atoms with van der Waals surface area (Å²) >= 11 is 14.5. The molecule has 0 aliphatic heterocycles. The standard InChI is InChI=1S/C13H7ClN2O2.C13H14N2.C8H5Cl.C5H3BBrNO2.CH4/c14-12-5-3-10(4-6-12)1-2-11-7-13(16(17)18)9-15-8-11;14-13-8-12(9-15-10-13)7-6-11-4-2-1-3-5-11;1-2-7-3-5-8(9)6-4-7;7-4-1-5(8(9)10)3-6-2-4;/h3-9H;1-5,8-10H,6-7,14H2;1,3-6H;1-3H;1H4.